The van der Waals surface area contributed by atoms with E-state index in [1.165, 1.54) is 5.56 Å². The molecule has 0 radical (unpaired) electrons. The number of benzene rings is 2. The van der Waals surface area contributed by atoms with Gasteiger partial charge in [0.25, 0.3) is 0 Å². The van der Waals surface area contributed by atoms with Crippen LogP contribution in [0.25, 0.3) is 11.3 Å². The summed E-state index contributed by atoms with van der Waals surface area (Å²) >= 11 is 6.08. The van der Waals surface area contributed by atoms with Crippen molar-refractivity contribution in [1.82, 2.24) is 15.3 Å². The second-order valence-corrected chi connectivity index (χ2v) is 9.00. The van der Waals surface area contributed by atoms with Crippen molar-refractivity contribution < 1.29 is 5.11 Å². The van der Waals surface area contributed by atoms with Crippen LogP contribution in [0.4, 0.5) is 5.69 Å². The van der Waals surface area contributed by atoms with Crippen LogP contribution in [0.3, 0.4) is 0 Å². The van der Waals surface area contributed by atoms with E-state index in [4.69, 9.17) is 11.6 Å². The maximum Gasteiger partial charge on any atom is 0.116 e. The largest absolute Gasteiger partial charge is 0.387 e. The zero-order valence-corrected chi connectivity index (χ0v) is 18.9. The lowest BCUT2D eigenvalue weighted by Gasteiger charge is -2.23. The van der Waals surface area contributed by atoms with E-state index in [1.54, 1.807) is 6.33 Å². The van der Waals surface area contributed by atoms with Gasteiger partial charge in [0.2, 0.25) is 0 Å². The number of nitrogens with one attached hydrogen (secondary N) is 2. The highest BCUT2D eigenvalue weighted by atomic mass is 35.5. The highest BCUT2D eigenvalue weighted by molar-refractivity contribution is 6.30. The van der Waals surface area contributed by atoms with Gasteiger partial charge in [-0.15, -0.1) is 0 Å². The van der Waals surface area contributed by atoms with E-state index >= 15 is 0 Å². The van der Waals surface area contributed by atoms with Crippen LogP contribution in [0.1, 0.15) is 62.1 Å². The zero-order chi connectivity index (χ0) is 22.0. The molecule has 0 bridgehead atoms. The number of aliphatic hydroxyl groups is 1. The Hall–Kier alpha value is -2.47. The van der Waals surface area contributed by atoms with Gasteiger partial charge in [0.1, 0.15) is 6.33 Å². The van der Waals surface area contributed by atoms with Crippen LogP contribution in [0.5, 0.6) is 0 Å². The van der Waals surface area contributed by atoms with E-state index in [0.29, 0.717) is 12.5 Å². The Kier molecular flexibility index (Phi) is 6.56. The van der Waals surface area contributed by atoms with Gasteiger partial charge in [0.05, 0.1) is 23.5 Å². The van der Waals surface area contributed by atoms with Crippen LogP contribution < -0.4 is 10.6 Å². The minimum absolute atomic E-state index is 0.115. The third-order valence-corrected chi connectivity index (χ3v) is 6.05. The van der Waals surface area contributed by atoms with Gasteiger partial charge in [0, 0.05) is 34.4 Å². The maximum absolute atomic E-state index is 10.3. The third-order valence-electron chi connectivity index (χ3n) is 5.80. The summed E-state index contributed by atoms with van der Waals surface area (Å²) in [6.07, 6.45) is 1.75. The third kappa shape index (κ3) is 4.90. The first kappa shape index (κ1) is 21.8. The first-order valence-electron chi connectivity index (χ1n) is 10.8. The average molecular weight is 437 g/mol. The summed E-state index contributed by atoms with van der Waals surface area (Å²) in [5.74, 6) is 0.246. The SMILES string of the molecule is CC(C)NCC(Nc1ccc(-c2ncnc3c2[C@H](C)C[C@H]3O)cc1)c1ccc(Cl)cc1. The lowest BCUT2D eigenvalue weighted by molar-refractivity contribution is 0.170. The molecule has 1 unspecified atom stereocenters. The number of nitrogens with zero attached hydrogens (tertiary/aromatic N) is 2. The van der Waals surface area contributed by atoms with Gasteiger partial charge in [0.15, 0.2) is 0 Å². The molecule has 5 nitrogen and oxygen atoms in total. The van der Waals surface area contributed by atoms with Gasteiger partial charge in [-0.25, -0.2) is 9.97 Å². The molecule has 1 heterocycles. The predicted octanol–water partition coefficient (Wildman–Crippen LogP) is 5.49. The lowest BCUT2D eigenvalue weighted by atomic mass is 9.98. The fraction of sp³-hybridized carbons (Fsp3) is 0.360. The van der Waals surface area contributed by atoms with Crippen LogP contribution in [0, 0.1) is 0 Å². The number of rotatable bonds is 7. The van der Waals surface area contributed by atoms with Crippen molar-refractivity contribution >= 4 is 17.3 Å². The van der Waals surface area contributed by atoms with Crippen molar-refractivity contribution in [3.63, 3.8) is 0 Å². The molecule has 0 spiro atoms. The minimum atomic E-state index is -0.499. The summed E-state index contributed by atoms with van der Waals surface area (Å²) in [5.41, 5.74) is 5.99. The summed E-state index contributed by atoms with van der Waals surface area (Å²) in [6.45, 7) is 7.21. The van der Waals surface area contributed by atoms with Crippen molar-refractivity contribution in [3.8, 4) is 11.3 Å². The van der Waals surface area contributed by atoms with Crippen molar-refractivity contribution in [2.24, 2.45) is 0 Å². The summed E-state index contributed by atoms with van der Waals surface area (Å²) in [5, 5.41) is 18.2. The molecule has 0 saturated heterocycles. The van der Waals surface area contributed by atoms with E-state index in [0.717, 1.165) is 39.8 Å². The number of aromatic nitrogens is 2. The van der Waals surface area contributed by atoms with Gasteiger partial charge in [-0.3, -0.25) is 0 Å². The average Bonchev–Trinajstić information content (AvgIpc) is 3.06. The van der Waals surface area contributed by atoms with E-state index in [-0.39, 0.29) is 12.0 Å². The van der Waals surface area contributed by atoms with Crippen LogP contribution in [0.15, 0.2) is 54.9 Å². The fourth-order valence-corrected chi connectivity index (χ4v) is 4.31. The molecule has 0 saturated carbocycles. The summed E-state index contributed by atoms with van der Waals surface area (Å²) < 4.78 is 0. The molecule has 4 rings (SSSR count). The molecule has 1 aliphatic carbocycles. The second-order valence-electron chi connectivity index (χ2n) is 8.56. The Morgan fingerprint density at radius 2 is 1.77 bits per heavy atom. The fourth-order valence-electron chi connectivity index (χ4n) is 4.18. The standard InChI is InChI=1S/C25H29ClN4O/c1-15(2)27-13-21(17-4-8-19(26)9-5-17)30-20-10-6-18(7-11-20)24-23-16(3)12-22(31)25(23)29-14-28-24/h4-11,14-16,21-22,27,30-31H,12-13H2,1-3H3/t16-,21?,22-/m1/s1. The number of anilines is 1. The zero-order valence-electron chi connectivity index (χ0n) is 18.1. The number of hydrogen-bond donors (Lipinski definition) is 3. The Morgan fingerprint density at radius 1 is 1.06 bits per heavy atom. The minimum Gasteiger partial charge on any atom is -0.387 e. The molecule has 6 heteroatoms. The van der Waals surface area contributed by atoms with Crippen LogP contribution >= 0.6 is 11.6 Å². The van der Waals surface area contributed by atoms with Crippen molar-refractivity contribution in [2.75, 3.05) is 11.9 Å². The molecule has 0 fully saturated rings. The van der Waals surface area contributed by atoms with E-state index in [2.05, 4.69) is 77.8 Å². The van der Waals surface area contributed by atoms with Gasteiger partial charge < -0.3 is 15.7 Å². The highest BCUT2D eigenvalue weighted by Crippen LogP contribution is 2.42. The van der Waals surface area contributed by atoms with Gasteiger partial charge in [-0.2, -0.15) is 0 Å². The molecule has 2 aromatic carbocycles. The van der Waals surface area contributed by atoms with Crippen LogP contribution in [-0.4, -0.2) is 27.7 Å². The van der Waals surface area contributed by atoms with Crippen molar-refractivity contribution in [2.45, 2.75) is 51.3 Å². The molecule has 1 aliphatic rings. The van der Waals surface area contributed by atoms with Crippen molar-refractivity contribution in [1.29, 1.82) is 0 Å². The smallest absolute Gasteiger partial charge is 0.116 e. The van der Waals surface area contributed by atoms with E-state index < -0.39 is 6.10 Å². The number of aliphatic hydroxyl groups excluding tert-OH is 1. The summed E-state index contributed by atoms with van der Waals surface area (Å²) in [6, 6.07) is 16.8. The molecule has 1 aromatic heterocycles. The van der Waals surface area contributed by atoms with E-state index in [9.17, 15) is 5.11 Å². The van der Waals surface area contributed by atoms with Crippen LogP contribution in [0.2, 0.25) is 5.02 Å². The Morgan fingerprint density at radius 3 is 2.45 bits per heavy atom. The monoisotopic (exact) mass is 436 g/mol. The Bertz CT molecular complexity index is 1020. The molecular formula is C25H29ClN4O. The number of hydrogen-bond acceptors (Lipinski definition) is 5. The molecule has 3 atom stereocenters. The second kappa shape index (κ2) is 9.35. The number of halogens is 1. The Balaban J connectivity index is 1.57. The predicted molar refractivity (Wildman–Crippen MR) is 126 cm³/mol. The topological polar surface area (TPSA) is 70.1 Å². The molecule has 31 heavy (non-hydrogen) atoms. The molecule has 3 aromatic rings. The molecular weight excluding hydrogens is 408 g/mol. The first-order chi connectivity index (χ1) is 14.9. The highest BCUT2D eigenvalue weighted by Gasteiger charge is 2.31. The molecule has 0 aliphatic heterocycles. The van der Waals surface area contributed by atoms with Gasteiger partial charge in [-0.1, -0.05) is 56.6 Å². The first-order valence-corrected chi connectivity index (χ1v) is 11.2. The number of fused-ring (bicyclic) bond motifs is 1. The normalized spacial score (nSPS) is 18.8. The van der Waals surface area contributed by atoms with E-state index in [1.807, 2.05) is 12.1 Å². The lowest BCUT2D eigenvalue weighted by Crippen LogP contribution is -2.31. The molecule has 3 N–H and O–H groups in total. The summed E-state index contributed by atoms with van der Waals surface area (Å²) in [7, 11) is 0. The van der Waals surface area contributed by atoms with Crippen LogP contribution in [-0.2, 0) is 0 Å². The molecule has 162 valence electrons. The quantitative estimate of drug-likeness (QED) is 0.457. The molecule has 0 amide bonds. The van der Waals surface area contributed by atoms with Gasteiger partial charge in [-0.05, 0) is 42.2 Å². The maximum atomic E-state index is 10.3. The Labute approximate surface area is 188 Å². The van der Waals surface area contributed by atoms with Gasteiger partial charge >= 0.3 is 0 Å². The summed E-state index contributed by atoms with van der Waals surface area (Å²) in [4.78, 5) is 8.85. The van der Waals surface area contributed by atoms with Crippen molar-refractivity contribution in [3.05, 3.63) is 76.7 Å².